The second kappa shape index (κ2) is 7.85. The van der Waals surface area contributed by atoms with Crippen LogP contribution in [0.2, 0.25) is 5.02 Å². The summed E-state index contributed by atoms with van der Waals surface area (Å²) in [7, 11) is 3.09. The summed E-state index contributed by atoms with van der Waals surface area (Å²) < 4.78 is 15.8. The van der Waals surface area contributed by atoms with Crippen molar-refractivity contribution in [1.82, 2.24) is 0 Å². The van der Waals surface area contributed by atoms with Crippen molar-refractivity contribution < 1.29 is 19.0 Å². The predicted molar refractivity (Wildman–Crippen MR) is 89.7 cm³/mol. The molecule has 0 radical (unpaired) electrons. The number of hydrogen-bond donors (Lipinski definition) is 1. The topological polar surface area (TPSA) is 70.8 Å². The summed E-state index contributed by atoms with van der Waals surface area (Å²) in [5.74, 6) is 0.607. The number of methoxy groups -OCH3 is 2. The third-order valence-corrected chi connectivity index (χ3v) is 3.57. The lowest BCUT2D eigenvalue weighted by molar-refractivity contribution is 0.103. The normalized spacial score (nSPS) is 10.4. The number of carbonyl (C=O) groups excluding carboxylic acids is 1. The Labute approximate surface area is 139 Å². The molecule has 2 N–H and O–H groups in total. The first-order chi connectivity index (χ1) is 11.1. The summed E-state index contributed by atoms with van der Waals surface area (Å²) in [6, 6.07) is 9.94. The van der Waals surface area contributed by atoms with Crippen LogP contribution in [0.1, 0.15) is 15.9 Å². The van der Waals surface area contributed by atoms with Gasteiger partial charge in [0.25, 0.3) is 0 Å². The first-order valence-corrected chi connectivity index (χ1v) is 7.34. The highest BCUT2D eigenvalue weighted by atomic mass is 35.5. The van der Waals surface area contributed by atoms with Gasteiger partial charge in [-0.1, -0.05) is 23.7 Å². The summed E-state index contributed by atoms with van der Waals surface area (Å²) in [6.07, 6.45) is 0. The van der Waals surface area contributed by atoms with Crippen LogP contribution in [0.4, 0.5) is 5.69 Å². The molecule has 0 fully saturated rings. The monoisotopic (exact) mass is 335 g/mol. The molecule has 0 atom stereocenters. The molecule has 0 spiro atoms. The van der Waals surface area contributed by atoms with E-state index in [0.717, 1.165) is 0 Å². The van der Waals surface area contributed by atoms with E-state index in [1.165, 1.54) is 7.11 Å². The largest absolute Gasteiger partial charge is 0.493 e. The zero-order chi connectivity index (χ0) is 16.8. The van der Waals surface area contributed by atoms with Gasteiger partial charge in [-0.3, -0.25) is 4.79 Å². The van der Waals surface area contributed by atoms with E-state index in [9.17, 15) is 4.79 Å². The van der Waals surface area contributed by atoms with Crippen LogP contribution in [0.25, 0.3) is 0 Å². The Morgan fingerprint density at radius 2 is 1.83 bits per heavy atom. The van der Waals surface area contributed by atoms with E-state index in [-0.39, 0.29) is 5.78 Å². The van der Waals surface area contributed by atoms with E-state index in [1.807, 2.05) is 0 Å². The first kappa shape index (κ1) is 17.1. The number of hydrogen-bond acceptors (Lipinski definition) is 5. The summed E-state index contributed by atoms with van der Waals surface area (Å²) in [5.41, 5.74) is 6.98. The van der Waals surface area contributed by atoms with Gasteiger partial charge in [-0.2, -0.15) is 0 Å². The SMILES string of the molecule is COCCOc1cc(C(=O)c2ccccc2Cl)c(N)cc1OC. The van der Waals surface area contributed by atoms with Crippen molar-refractivity contribution in [2.45, 2.75) is 0 Å². The average Bonchev–Trinajstić information content (AvgIpc) is 2.55. The number of benzene rings is 2. The third kappa shape index (κ3) is 3.94. The molecule has 2 aromatic rings. The van der Waals surface area contributed by atoms with Crippen LogP contribution in [-0.4, -0.2) is 33.2 Å². The minimum Gasteiger partial charge on any atom is -0.493 e. The Kier molecular flexibility index (Phi) is 5.84. The Hall–Kier alpha value is -2.24. The predicted octanol–water partition coefficient (Wildman–Crippen LogP) is 3.19. The Morgan fingerprint density at radius 1 is 1.09 bits per heavy atom. The number of carbonyl (C=O) groups is 1. The second-order valence-electron chi connectivity index (χ2n) is 4.74. The van der Waals surface area contributed by atoms with E-state index >= 15 is 0 Å². The van der Waals surface area contributed by atoms with Gasteiger partial charge in [-0.05, 0) is 18.2 Å². The van der Waals surface area contributed by atoms with Crippen molar-refractivity contribution in [3.63, 3.8) is 0 Å². The van der Waals surface area contributed by atoms with Gasteiger partial charge in [0, 0.05) is 30.0 Å². The summed E-state index contributed by atoms with van der Waals surface area (Å²) in [6.45, 7) is 0.748. The van der Waals surface area contributed by atoms with Crippen molar-refractivity contribution in [1.29, 1.82) is 0 Å². The molecule has 0 unspecified atom stereocenters. The highest BCUT2D eigenvalue weighted by molar-refractivity contribution is 6.35. The van der Waals surface area contributed by atoms with Crippen molar-refractivity contribution in [2.75, 3.05) is 33.2 Å². The van der Waals surface area contributed by atoms with Crippen LogP contribution in [0.3, 0.4) is 0 Å². The van der Waals surface area contributed by atoms with Gasteiger partial charge in [0.05, 0.1) is 18.7 Å². The van der Waals surface area contributed by atoms with E-state index in [2.05, 4.69) is 0 Å². The highest BCUT2D eigenvalue weighted by Crippen LogP contribution is 2.34. The lowest BCUT2D eigenvalue weighted by atomic mass is 10.0. The fourth-order valence-electron chi connectivity index (χ4n) is 2.07. The van der Waals surface area contributed by atoms with Crippen LogP contribution in [-0.2, 0) is 4.74 Å². The van der Waals surface area contributed by atoms with Crippen LogP contribution in [0, 0.1) is 0 Å². The molecule has 122 valence electrons. The number of rotatable bonds is 7. The van der Waals surface area contributed by atoms with Gasteiger partial charge in [0.15, 0.2) is 17.3 Å². The Bertz CT molecular complexity index is 703. The Morgan fingerprint density at radius 3 is 2.48 bits per heavy atom. The molecule has 23 heavy (non-hydrogen) atoms. The first-order valence-electron chi connectivity index (χ1n) is 6.97. The average molecular weight is 336 g/mol. The van der Waals surface area contributed by atoms with Gasteiger partial charge in [0.1, 0.15) is 6.61 Å². The molecule has 0 aromatic heterocycles. The number of ketones is 1. The molecule has 0 bridgehead atoms. The molecule has 0 amide bonds. The van der Waals surface area contributed by atoms with Crippen LogP contribution < -0.4 is 15.2 Å². The maximum Gasteiger partial charge on any atom is 0.196 e. The van der Waals surface area contributed by atoms with Gasteiger partial charge < -0.3 is 19.9 Å². The third-order valence-electron chi connectivity index (χ3n) is 3.24. The maximum atomic E-state index is 12.7. The molecular formula is C17H18ClNO4. The standard InChI is InChI=1S/C17H18ClNO4/c1-21-7-8-23-16-9-12(14(19)10-15(16)22-2)17(20)11-5-3-4-6-13(11)18/h3-6,9-10H,7-8,19H2,1-2H3. The number of anilines is 1. The summed E-state index contributed by atoms with van der Waals surface area (Å²) in [4.78, 5) is 12.7. The molecule has 0 heterocycles. The smallest absolute Gasteiger partial charge is 0.196 e. The van der Waals surface area contributed by atoms with Gasteiger partial charge in [-0.15, -0.1) is 0 Å². The number of halogens is 1. The Balaban J connectivity index is 2.40. The van der Waals surface area contributed by atoms with Gasteiger partial charge in [0.2, 0.25) is 0 Å². The molecule has 0 saturated heterocycles. The second-order valence-corrected chi connectivity index (χ2v) is 5.15. The van der Waals surface area contributed by atoms with Crippen molar-refractivity contribution in [2.24, 2.45) is 0 Å². The lowest BCUT2D eigenvalue weighted by Gasteiger charge is -2.14. The molecule has 0 saturated carbocycles. The molecule has 0 aliphatic rings. The van der Waals surface area contributed by atoms with E-state index in [0.29, 0.717) is 46.5 Å². The quantitative estimate of drug-likeness (QED) is 0.478. The van der Waals surface area contributed by atoms with E-state index in [4.69, 9.17) is 31.5 Å². The molecule has 6 heteroatoms. The zero-order valence-electron chi connectivity index (χ0n) is 13.0. The summed E-state index contributed by atoms with van der Waals surface area (Å²) >= 11 is 6.09. The summed E-state index contributed by atoms with van der Waals surface area (Å²) in [5, 5.41) is 0.370. The minimum absolute atomic E-state index is 0.271. The van der Waals surface area contributed by atoms with Crippen LogP contribution >= 0.6 is 11.6 Å². The van der Waals surface area contributed by atoms with Crippen molar-refractivity contribution >= 4 is 23.1 Å². The van der Waals surface area contributed by atoms with Gasteiger partial charge >= 0.3 is 0 Å². The van der Waals surface area contributed by atoms with Crippen molar-refractivity contribution in [3.8, 4) is 11.5 Å². The fourth-order valence-corrected chi connectivity index (χ4v) is 2.29. The van der Waals surface area contributed by atoms with Gasteiger partial charge in [-0.25, -0.2) is 0 Å². The number of nitrogen functional groups attached to an aromatic ring is 1. The maximum absolute atomic E-state index is 12.7. The molecule has 2 aromatic carbocycles. The zero-order valence-corrected chi connectivity index (χ0v) is 13.7. The number of ether oxygens (including phenoxy) is 3. The van der Waals surface area contributed by atoms with Crippen LogP contribution in [0.5, 0.6) is 11.5 Å². The minimum atomic E-state index is -0.271. The van der Waals surface area contributed by atoms with E-state index < -0.39 is 0 Å². The number of nitrogens with two attached hydrogens (primary N) is 1. The van der Waals surface area contributed by atoms with Crippen LogP contribution in [0.15, 0.2) is 36.4 Å². The molecule has 0 aliphatic heterocycles. The molecular weight excluding hydrogens is 318 g/mol. The lowest BCUT2D eigenvalue weighted by Crippen LogP contribution is -2.09. The molecule has 0 aliphatic carbocycles. The molecule has 5 nitrogen and oxygen atoms in total. The highest BCUT2D eigenvalue weighted by Gasteiger charge is 2.19. The van der Waals surface area contributed by atoms with E-state index in [1.54, 1.807) is 43.5 Å². The molecule has 2 rings (SSSR count). The fraction of sp³-hybridized carbons (Fsp3) is 0.235. The van der Waals surface area contributed by atoms with Crippen molar-refractivity contribution in [3.05, 3.63) is 52.5 Å².